The van der Waals surface area contributed by atoms with Crippen LogP contribution in [0.3, 0.4) is 0 Å². The van der Waals surface area contributed by atoms with Crippen LogP contribution in [0.4, 0.5) is 0 Å². The van der Waals surface area contributed by atoms with E-state index in [-0.39, 0.29) is 0 Å². The van der Waals surface area contributed by atoms with Crippen molar-refractivity contribution in [1.82, 2.24) is 14.6 Å². The molecule has 80 valence electrons. The number of rotatable bonds is 0. The molecule has 0 bridgehead atoms. The summed E-state index contributed by atoms with van der Waals surface area (Å²) in [4.78, 5) is 0. The number of hydrogen-bond acceptors (Lipinski definition) is 2. The lowest BCUT2D eigenvalue weighted by Gasteiger charge is -2.01. The summed E-state index contributed by atoms with van der Waals surface area (Å²) in [5, 5.41) is 12.7. The van der Waals surface area contributed by atoms with Gasteiger partial charge in [-0.15, -0.1) is 0 Å². The fourth-order valence-corrected chi connectivity index (χ4v) is 2.41. The van der Waals surface area contributed by atoms with Crippen molar-refractivity contribution in [2.45, 2.75) is 0 Å². The largest absolute Gasteiger partial charge is 0.322 e. The smallest absolute Gasteiger partial charge is 0.0624 e. The SMILES string of the molecule is c1ccc2c(c1)ccn1cc3cnncc3c21. The number of benzene rings is 1. The van der Waals surface area contributed by atoms with E-state index in [0.29, 0.717) is 0 Å². The first kappa shape index (κ1) is 8.70. The predicted molar refractivity (Wildman–Crippen MR) is 68.0 cm³/mol. The Kier molecular flexibility index (Phi) is 1.56. The van der Waals surface area contributed by atoms with Crippen molar-refractivity contribution >= 4 is 27.1 Å². The van der Waals surface area contributed by atoms with Crippen LogP contribution < -0.4 is 0 Å². The zero-order chi connectivity index (χ0) is 11.2. The van der Waals surface area contributed by atoms with Gasteiger partial charge in [-0.2, -0.15) is 10.2 Å². The van der Waals surface area contributed by atoms with Crippen LogP contribution in [0.15, 0.2) is 55.1 Å². The van der Waals surface area contributed by atoms with Crippen molar-refractivity contribution in [3.05, 3.63) is 55.1 Å². The highest BCUT2D eigenvalue weighted by Crippen LogP contribution is 2.27. The van der Waals surface area contributed by atoms with Gasteiger partial charge in [0.2, 0.25) is 0 Å². The average molecular weight is 219 g/mol. The lowest BCUT2D eigenvalue weighted by Crippen LogP contribution is -1.83. The molecule has 3 nitrogen and oxygen atoms in total. The van der Waals surface area contributed by atoms with E-state index >= 15 is 0 Å². The zero-order valence-corrected chi connectivity index (χ0v) is 9.04. The van der Waals surface area contributed by atoms with Gasteiger partial charge in [0.25, 0.3) is 0 Å². The second-order valence-electron chi connectivity index (χ2n) is 4.15. The molecule has 17 heavy (non-hydrogen) atoms. The van der Waals surface area contributed by atoms with E-state index in [1.165, 1.54) is 16.3 Å². The van der Waals surface area contributed by atoms with Gasteiger partial charge in [-0.1, -0.05) is 24.3 Å². The molecule has 0 atom stereocenters. The van der Waals surface area contributed by atoms with Crippen molar-refractivity contribution in [2.24, 2.45) is 0 Å². The maximum absolute atomic E-state index is 3.98. The Morgan fingerprint density at radius 3 is 2.71 bits per heavy atom. The fourth-order valence-electron chi connectivity index (χ4n) is 2.41. The Morgan fingerprint density at radius 2 is 1.71 bits per heavy atom. The van der Waals surface area contributed by atoms with Crippen LogP contribution in [0.2, 0.25) is 0 Å². The molecule has 4 rings (SSSR count). The zero-order valence-electron chi connectivity index (χ0n) is 9.04. The third-order valence-electron chi connectivity index (χ3n) is 3.18. The van der Waals surface area contributed by atoms with Crippen molar-refractivity contribution in [3.63, 3.8) is 0 Å². The van der Waals surface area contributed by atoms with Crippen LogP contribution in [0.5, 0.6) is 0 Å². The van der Waals surface area contributed by atoms with E-state index in [1.54, 1.807) is 6.20 Å². The van der Waals surface area contributed by atoms with Crippen LogP contribution in [-0.2, 0) is 0 Å². The molecule has 0 spiro atoms. The molecule has 0 aliphatic heterocycles. The van der Waals surface area contributed by atoms with Gasteiger partial charge in [0.15, 0.2) is 0 Å². The number of pyridine rings is 1. The Labute approximate surface area is 97.3 Å². The number of fused-ring (bicyclic) bond motifs is 5. The second-order valence-corrected chi connectivity index (χ2v) is 4.15. The Hall–Kier alpha value is -2.42. The van der Waals surface area contributed by atoms with E-state index in [2.05, 4.69) is 57.3 Å². The second kappa shape index (κ2) is 3.04. The third-order valence-corrected chi connectivity index (χ3v) is 3.18. The van der Waals surface area contributed by atoms with E-state index in [1.807, 2.05) is 6.20 Å². The van der Waals surface area contributed by atoms with Gasteiger partial charge in [-0.05, 0) is 11.5 Å². The van der Waals surface area contributed by atoms with Gasteiger partial charge < -0.3 is 4.40 Å². The molecule has 0 saturated carbocycles. The van der Waals surface area contributed by atoms with E-state index in [4.69, 9.17) is 0 Å². The summed E-state index contributed by atoms with van der Waals surface area (Å²) in [5.74, 6) is 0. The molecular weight excluding hydrogens is 210 g/mol. The molecule has 0 radical (unpaired) electrons. The molecule has 3 aromatic heterocycles. The van der Waals surface area contributed by atoms with E-state index in [0.717, 1.165) is 10.8 Å². The van der Waals surface area contributed by atoms with Crippen molar-refractivity contribution in [3.8, 4) is 0 Å². The standard InChI is InChI=1S/C14H9N3/c1-2-4-12-10(3-1)5-6-17-9-11-7-15-16-8-13(11)14(12)17/h1-9H. The summed E-state index contributed by atoms with van der Waals surface area (Å²) in [7, 11) is 0. The molecule has 0 saturated heterocycles. The number of nitrogens with zero attached hydrogens (tertiary/aromatic N) is 3. The van der Waals surface area contributed by atoms with Crippen molar-refractivity contribution < 1.29 is 0 Å². The Bertz CT molecular complexity index is 840. The third kappa shape index (κ3) is 1.11. The predicted octanol–water partition coefficient (Wildman–Crippen LogP) is 3.04. The van der Waals surface area contributed by atoms with Crippen LogP contribution >= 0.6 is 0 Å². The molecule has 0 fully saturated rings. The van der Waals surface area contributed by atoms with Crippen molar-refractivity contribution in [2.75, 3.05) is 0 Å². The minimum atomic E-state index is 1.12. The summed E-state index contributed by atoms with van der Waals surface area (Å²) in [6, 6.07) is 10.5. The maximum atomic E-state index is 3.98. The first-order valence-electron chi connectivity index (χ1n) is 5.52. The summed E-state index contributed by atoms with van der Waals surface area (Å²) >= 11 is 0. The highest BCUT2D eigenvalue weighted by Gasteiger charge is 2.06. The molecular formula is C14H9N3. The lowest BCUT2D eigenvalue weighted by atomic mass is 10.1. The molecule has 0 aliphatic carbocycles. The van der Waals surface area contributed by atoms with Gasteiger partial charge in [0.1, 0.15) is 0 Å². The van der Waals surface area contributed by atoms with Crippen LogP contribution in [-0.4, -0.2) is 14.6 Å². The van der Waals surface area contributed by atoms with E-state index in [9.17, 15) is 0 Å². The first-order valence-corrected chi connectivity index (χ1v) is 5.52. The summed E-state index contributed by atoms with van der Waals surface area (Å²) in [5.41, 5.74) is 1.20. The quantitative estimate of drug-likeness (QED) is 0.455. The molecule has 4 aromatic rings. The normalized spacial score (nSPS) is 11.5. The highest BCUT2D eigenvalue weighted by atomic mass is 15.1. The highest BCUT2D eigenvalue weighted by molar-refractivity contribution is 6.10. The molecule has 0 amide bonds. The molecule has 3 heteroatoms. The molecule has 0 aliphatic rings. The Balaban J connectivity index is 2.38. The van der Waals surface area contributed by atoms with Gasteiger partial charge in [-0.25, -0.2) is 0 Å². The topological polar surface area (TPSA) is 30.2 Å². The monoisotopic (exact) mass is 219 g/mol. The maximum Gasteiger partial charge on any atom is 0.0624 e. The molecule has 0 N–H and O–H groups in total. The van der Waals surface area contributed by atoms with Gasteiger partial charge in [0.05, 0.1) is 17.9 Å². The summed E-state index contributed by atoms with van der Waals surface area (Å²) in [6.45, 7) is 0. The van der Waals surface area contributed by atoms with Crippen molar-refractivity contribution in [1.29, 1.82) is 0 Å². The van der Waals surface area contributed by atoms with Gasteiger partial charge in [0, 0.05) is 28.6 Å². The van der Waals surface area contributed by atoms with E-state index < -0.39 is 0 Å². The van der Waals surface area contributed by atoms with Crippen LogP contribution in [0.1, 0.15) is 0 Å². The Morgan fingerprint density at radius 1 is 0.824 bits per heavy atom. The lowest BCUT2D eigenvalue weighted by molar-refractivity contribution is 1.05. The van der Waals surface area contributed by atoms with Gasteiger partial charge in [-0.3, -0.25) is 0 Å². The first-order chi connectivity index (χ1) is 8.43. The fraction of sp³-hybridized carbons (Fsp3) is 0. The van der Waals surface area contributed by atoms with Gasteiger partial charge >= 0.3 is 0 Å². The molecule has 3 heterocycles. The molecule has 1 aromatic carbocycles. The molecule has 0 unspecified atom stereocenters. The van der Waals surface area contributed by atoms with Crippen LogP contribution in [0, 0.1) is 0 Å². The average Bonchev–Trinajstić information content (AvgIpc) is 2.77. The minimum Gasteiger partial charge on any atom is -0.322 e. The summed E-state index contributed by atoms with van der Waals surface area (Å²) in [6.07, 6.45) is 7.80. The minimum absolute atomic E-state index is 1.12. The number of aromatic nitrogens is 3. The number of hydrogen-bond donors (Lipinski definition) is 0. The summed E-state index contributed by atoms with van der Waals surface area (Å²) < 4.78 is 2.14. The van der Waals surface area contributed by atoms with Crippen LogP contribution in [0.25, 0.3) is 27.1 Å².